The number of amides is 1. The normalized spacial score (nSPS) is 10.5. The monoisotopic (exact) mass is 284 g/mol. The van der Waals surface area contributed by atoms with Gasteiger partial charge < -0.3 is 10.1 Å². The number of ether oxygens (including phenoxy) is 1. The van der Waals surface area contributed by atoms with Gasteiger partial charge in [0.25, 0.3) is 5.91 Å². The van der Waals surface area contributed by atoms with Gasteiger partial charge in [0.1, 0.15) is 5.15 Å². The maximum absolute atomic E-state index is 11.9. The average Bonchev–Trinajstić information content (AvgIpc) is 2.41. The van der Waals surface area contributed by atoms with Crippen LogP contribution in [-0.4, -0.2) is 30.6 Å². The van der Waals surface area contributed by atoms with E-state index >= 15 is 0 Å². The lowest BCUT2D eigenvalue weighted by Gasteiger charge is -2.07. The number of nitrogens with one attached hydrogen (secondary N) is 1. The highest BCUT2D eigenvalue weighted by atomic mass is 35.5. The molecule has 0 atom stereocenters. The number of carbonyl (C=O) groups excluding carboxylic acids is 1. The zero-order valence-corrected chi connectivity index (χ0v) is 12.3. The molecule has 0 saturated heterocycles. The lowest BCUT2D eigenvalue weighted by molar-refractivity contribution is 0.0941. The second-order valence-corrected chi connectivity index (χ2v) is 4.63. The van der Waals surface area contributed by atoms with E-state index in [1.807, 2.05) is 6.92 Å². The Morgan fingerprint density at radius 1 is 1.37 bits per heavy atom. The number of hydrogen-bond acceptors (Lipinski definition) is 3. The van der Waals surface area contributed by atoms with Crippen LogP contribution in [0.4, 0.5) is 0 Å². The summed E-state index contributed by atoms with van der Waals surface area (Å²) >= 11 is 5.88. The predicted octanol–water partition coefficient (Wildman–Crippen LogP) is 2.84. The minimum atomic E-state index is -0.116. The largest absolute Gasteiger partial charge is 0.381 e. The van der Waals surface area contributed by atoms with Crippen LogP contribution in [-0.2, 0) is 11.2 Å². The van der Waals surface area contributed by atoms with Crippen LogP contribution in [0.25, 0.3) is 0 Å². The smallest absolute Gasteiger partial charge is 0.251 e. The Kier molecular flexibility index (Phi) is 7.45. The summed E-state index contributed by atoms with van der Waals surface area (Å²) in [5, 5.41) is 3.21. The van der Waals surface area contributed by atoms with Crippen LogP contribution in [0.15, 0.2) is 12.1 Å². The van der Waals surface area contributed by atoms with E-state index in [1.165, 1.54) is 0 Å². The quantitative estimate of drug-likeness (QED) is 0.590. The number of aromatic nitrogens is 1. The van der Waals surface area contributed by atoms with Crippen molar-refractivity contribution in [2.75, 3.05) is 19.8 Å². The molecule has 1 amide bonds. The molecule has 0 aliphatic heterocycles. The van der Waals surface area contributed by atoms with Gasteiger partial charge in [-0.05, 0) is 31.4 Å². The van der Waals surface area contributed by atoms with E-state index in [1.54, 1.807) is 12.1 Å². The van der Waals surface area contributed by atoms with Crippen LogP contribution in [0.2, 0.25) is 5.15 Å². The van der Waals surface area contributed by atoms with E-state index in [0.717, 1.165) is 31.6 Å². The molecule has 1 N–H and O–H groups in total. The molecular formula is C14H21ClN2O2. The number of hydrogen-bond donors (Lipinski definition) is 1. The summed E-state index contributed by atoms with van der Waals surface area (Å²) in [4.78, 5) is 16.0. The van der Waals surface area contributed by atoms with E-state index in [9.17, 15) is 4.79 Å². The molecule has 5 heteroatoms. The van der Waals surface area contributed by atoms with Crippen LogP contribution in [0.3, 0.4) is 0 Å². The highest BCUT2D eigenvalue weighted by molar-refractivity contribution is 6.29. The molecule has 1 aromatic heterocycles. The van der Waals surface area contributed by atoms with Crippen molar-refractivity contribution in [3.63, 3.8) is 0 Å². The van der Waals surface area contributed by atoms with Crippen molar-refractivity contribution in [2.24, 2.45) is 0 Å². The predicted molar refractivity (Wildman–Crippen MR) is 76.7 cm³/mol. The fraction of sp³-hybridized carbons (Fsp3) is 0.571. The van der Waals surface area contributed by atoms with Gasteiger partial charge in [-0.15, -0.1) is 0 Å². The standard InChI is InChI=1S/C14H21ClN2O2/c1-3-7-19-8-5-6-16-14(18)11-9-12(4-2)17-13(15)10-11/h9-10H,3-8H2,1-2H3,(H,16,18). The van der Waals surface area contributed by atoms with E-state index in [4.69, 9.17) is 16.3 Å². The molecule has 1 aromatic rings. The Bertz CT molecular complexity index is 410. The molecular weight excluding hydrogens is 264 g/mol. The molecule has 1 heterocycles. The fourth-order valence-electron chi connectivity index (χ4n) is 1.59. The molecule has 0 fully saturated rings. The highest BCUT2D eigenvalue weighted by Crippen LogP contribution is 2.11. The molecule has 19 heavy (non-hydrogen) atoms. The lowest BCUT2D eigenvalue weighted by atomic mass is 10.2. The second-order valence-electron chi connectivity index (χ2n) is 4.25. The maximum Gasteiger partial charge on any atom is 0.251 e. The summed E-state index contributed by atoms with van der Waals surface area (Å²) in [5.74, 6) is -0.116. The SMILES string of the molecule is CCCOCCCNC(=O)c1cc(Cl)nc(CC)c1. The first-order valence-electron chi connectivity index (χ1n) is 6.69. The first-order chi connectivity index (χ1) is 9.17. The summed E-state index contributed by atoms with van der Waals surface area (Å²) < 4.78 is 5.34. The van der Waals surface area contributed by atoms with Crippen molar-refractivity contribution in [3.05, 3.63) is 28.5 Å². The van der Waals surface area contributed by atoms with E-state index in [0.29, 0.717) is 23.9 Å². The summed E-state index contributed by atoms with van der Waals surface area (Å²) in [6.07, 6.45) is 2.58. The first kappa shape index (κ1) is 15.9. The third-order valence-electron chi connectivity index (χ3n) is 2.57. The Hall–Kier alpha value is -1.13. The number of rotatable bonds is 8. The summed E-state index contributed by atoms with van der Waals surface area (Å²) in [5.41, 5.74) is 1.38. The molecule has 0 saturated carbocycles. The van der Waals surface area contributed by atoms with Crippen molar-refractivity contribution in [1.29, 1.82) is 0 Å². The van der Waals surface area contributed by atoms with Gasteiger partial charge in [0.05, 0.1) is 0 Å². The van der Waals surface area contributed by atoms with Gasteiger partial charge in [-0.2, -0.15) is 0 Å². The average molecular weight is 285 g/mol. The zero-order chi connectivity index (χ0) is 14.1. The summed E-state index contributed by atoms with van der Waals surface area (Å²) in [6, 6.07) is 3.36. The summed E-state index contributed by atoms with van der Waals surface area (Å²) in [7, 11) is 0. The Labute approximate surface area is 119 Å². The number of aryl methyl sites for hydroxylation is 1. The molecule has 1 rings (SSSR count). The first-order valence-corrected chi connectivity index (χ1v) is 7.07. The number of halogens is 1. The third kappa shape index (κ3) is 6.03. The topological polar surface area (TPSA) is 51.2 Å². The molecule has 0 spiro atoms. The van der Waals surface area contributed by atoms with E-state index in [2.05, 4.69) is 17.2 Å². The van der Waals surface area contributed by atoms with E-state index < -0.39 is 0 Å². The van der Waals surface area contributed by atoms with Crippen molar-refractivity contribution in [2.45, 2.75) is 33.1 Å². The van der Waals surface area contributed by atoms with Gasteiger partial charge in [0.2, 0.25) is 0 Å². The van der Waals surface area contributed by atoms with Crippen LogP contribution < -0.4 is 5.32 Å². The van der Waals surface area contributed by atoms with Crippen molar-refractivity contribution < 1.29 is 9.53 Å². The maximum atomic E-state index is 11.9. The van der Waals surface area contributed by atoms with Gasteiger partial charge in [0.15, 0.2) is 0 Å². The Morgan fingerprint density at radius 2 is 2.16 bits per heavy atom. The van der Waals surface area contributed by atoms with Gasteiger partial charge in [-0.25, -0.2) is 4.98 Å². The molecule has 0 aromatic carbocycles. The Morgan fingerprint density at radius 3 is 2.84 bits per heavy atom. The highest BCUT2D eigenvalue weighted by Gasteiger charge is 2.08. The third-order valence-corrected chi connectivity index (χ3v) is 2.76. The van der Waals surface area contributed by atoms with Crippen molar-refractivity contribution in [3.8, 4) is 0 Å². The minimum Gasteiger partial charge on any atom is -0.381 e. The number of carbonyl (C=O) groups is 1. The van der Waals surface area contributed by atoms with Crippen molar-refractivity contribution >= 4 is 17.5 Å². The van der Waals surface area contributed by atoms with E-state index in [-0.39, 0.29) is 5.91 Å². The van der Waals surface area contributed by atoms with Gasteiger partial charge in [0, 0.05) is 31.0 Å². The van der Waals surface area contributed by atoms with Crippen molar-refractivity contribution in [1.82, 2.24) is 10.3 Å². The lowest BCUT2D eigenvalue weighted by Crippen LogP contribution is -2.25. The van der Waals surface area contributed by atoms with Gasteiger partial charge >= 0.3 is 0 Å². The molecule has 106 valence electrons. The minimum absolute atomic E-state index is 0.116. The van der Waals surface area contributed by atoms with Crippen LogP contribution in [0, 0.1) is 0 Å². The molecule has 0 aliphatic rings. The number of nitrogens with zero attached hydrogens (tertiary/aromatic N) is 1. The van der Waals surface area contributed by atoms with Gasteiger partial charge in [-0.1, -0.05) is 25.4 Å². The fourth-order valence-corrected chi connectivity index (χ4v) is 1.81. The second kappa shape index (κ2) is 8.88. The van der Waals surface area contributed by atoms with Crippen LogP contribution >= 0.6 is 11.6 Å². The molecule has 0 bridgehead atoms. The van der Waals surface area contributed by atoms with Gasteiger partial charge in [-0.3, -0.25) is 4.79 Å². The molecule has 0 unspecified atom stereocenters. The molecule has 4 nitrogen and oxygen atoms in total. The van der Waals surface area contributed by atoms with Crippen LogP contribution in [0.1, 0.15) is 42.7 Å². The molecule has 0 radical (unpaired) electrons. The number of pyridine rings is 1. The summed E-state index contributed by atoms with van der Waals surface area (Å²) in [6.45, 7) is 6.09. The zero-order valence-electron chi connectivity index (χ0n) is 11.5. The van der Waals surface area contributed by atoms with Crippen LogP contribution in [0.5, 0.6) is 0 Å². The Balaban J connectivity index is 2.39. The molecule has 0 aliphatic carbocycles.